The first-order valence-electron chi connectivity index (χ1n) is 12.1. The molecule has 4 rings (SSSR count). The standard InChI is InChI=1S/C28H33N5O3S/c1-28(2,29)27(36)32(3)23(13-19-16-37-24-12-8-6-10-21(19)24)26(35)33(4)25(31-17-34)14-18-15-30-22-11-7-5-9-20(18)22/h5-12,15-17,23,25,30H,13-14,29H2,1-4H3,(H,31,34)/t23-,25-/m1/s1. The van der Waals surface area contributed by atoms with E-state index >= 15 is 0 Å². The van der Waals surface area contributed by atoms with Crippen LogP contribution in [-0.4, -0.2) is 64.9 Å². The van der Waals surface area contributed by atoms with Gasteiger partial charge in [-0.15, -0.1) is 11.3 Å². The molecule has 4 N–H and O–H groups in total. The lowest BCUT2D eigenvalue weighted by atomic mass is 9.99. The van der Waals surface area contributed by atoms with Gasteiger partial charge in [-0.25, -0.2) is 0 Å². The third kappa shape index (κ3) is 5.52. The van der Waals surface area contributed by atoms with Gasteiger partial charge >= 0.3 is 0 Å². The third-order valence-corrected chi connectivity index (χ3v) is 7.77. The lowest BCUT2D eigenvalue weighted by molar-refractivity contribution is -0.147. The number of fused-ring (bicyclic) bond motifs is 2. The zero-order valence-corrected chi connectivity index (χ0v) is 22.3. The van der Waals surface area contributed by atoms with Crippen LogP contribution < -0.4 is 11.1 Å². The summed E-state index contributed by atoms with van der Waals surface area (Å²) in [5.74, 6) is -0.620. The van der Waals surface area contributed by atoms with Gasteiger partial charge in [0.1, 0.15) is 12.2 Å². The number of aromatic amines is 1. The molecule has 3 amide bonds. The summed E-state index contributed by atoms with van der Waals surface area (Å²) in [4.78, 5) is 44.9. The Hall–Kier alpha value is -3.69. The number of aromatic nitrogens is 1. The van der Waals surface area contributed by atoms with E-state index in [0.29, 0.717) is 19.3 Å². The average Bonchev–Trinajstić information content (AvgIpc) is 3.49. The van der Waals surface area contributed by atoms with Crippen molar-refractivity contribution in [2.45, 2.75) is 44.4 Å². The van der Waals surface area contributed by atoms with E-state index in [2.05, 4.69) is 10.3 Å². The van der Waals surface area contributed by atoms with Crippen molar-refractivity contribution < 1.29 is 14.4 Å². The molecule has 0 aliphatic rings. The highest BCUT2D eigenvalue weighted by Gasteiger charge is 2.37. The Morgan fingerprint density at radius 3 is 2.41 bits per heavy atom. The molecule has 2 heterocycles. The van der Waals surface area contributed by atoms with E-state index in [1.807, 2.05) is 60.1 Å². The second kappa shape index (κ2) is 10.7. The van der Waals surface area contributed by atoms with Crippen LogP contribution in [-0.2, 0) is 27.2 Å². The zero-order chi connectivity index (χ0) is 26.7. The first kappa shape index (κ1) is 26.4. The highest BCUT2D eigenvalue weighted by Crippen LogP contribution is 2.28. The molecule has 0 aliphatic carbocycles. The first-order valence-corrected chi connectivity index (χ1v) is 13.0. The van der Waals surface area contributed by atoms with Crippen molar-refractivity contribution in [1.82, 2.24) is 20.1 Å². The SMILES string of the molecule is CN(C(=O)[C@@H](Cc1csc2ccccc12)N(C)C(=O)C(C)(C)N)[C@H](Cc1c[nH]c2ccccc12)NC=O. The van der Waals surface area contributed by atoms with Gasteiger partial charge in [0.2, 0.25) is 18.2 Å². The zero-order valence-electron chi connectivity index (χ0n) is 21.5. The minimum atomic E-state index is -1.15. The highest BCUT2D eigenvalue weighted by molar-refractivity contribution is 7.17. The quantitative estimate of drug-likeness (QED) is 0.221. The molecule has 0 saturated carbocycles. The summed E-state index contributed by atoms with van der Waals surface area (Å²) in [6.45, 7) is 3.26. The van der Waals surface area contributed by atoms with Crippen LogP contribution in [0.4, 0.5) is 0 Å². The van der Waals surface area contributed by atoms with E-state index in [4.69, 9.17) is 5.73 Å². The first-order chi connectivity index (χ1) is 17.6. The third-order valence-electron chi connectivity index (χ3n) is 6.76. The van der Waals surface area contributed by atoms with Crippen molar-refractivity contribution in [1.29, 1.82) is 0 Å². The Labute approximate surface area is 220 Å². The van der Waals surface area contributed by atoms with E-state index in [-0.39, 0.29) is 11.8 Å². The molecule has 4 aromatic rings. The molecule has 0 aliphatic heterocycles. The van der Waals surface area contributed by atoms with Crippen LogP contribution in [0.1, 0.15) is 25.0 Å². The smallest absolute Gasteiger partial charge is 0.247 e. The number of thiophene rings is 1. The van der Waals surface area contributed by atoms with Crippen LogP contribution in [0.25, 0.3) is 21.0 Å². The van der Waals surface area contributed by atoms with E-state index in [1.54, 1.807) is 39.3 Å². The van der Waals surface area contributed by atoms with Crippen LogP contribution in [0, 0.1) is 0 Å². The molecule has 2 atom stereocenters. The number of likely N-dealkylation sites (N-methyl/N-ethyl adjacent to an activating group) is 2. The molecule has 9 heteroatoms. The van der Waals surface area contributed by atoms with Crippen molar-refractivity contribution in [3.63, 3.8) is 0 Å². The molecule has 2 aromatic carbocycles. The largest absolute Gasteiger partial charge is 0.361 e. The Morgan fingerprint density at radius 1 is 1.03 bits per heavy atom. The van der Waals surface area contributed by atoms with Gasteiger partial charge in [0.05, 0.1) is 5.54 Å². The second-order valence-corrected chi connectivity index (χ2v) is 10.8. The summed E-state index contributed by atoms with van der Waals surface area (Å²) in [7, 11) is 3.27. The average molecular weight is 520 g/mol. The van der Waals surface area contributed by atoms with Crippen LogP contribution in [0.2, 0.25) is 0 Å². The number of hydrogen-bond acceptors (Lipinski definition) is 5. The molecule has 2 aromatic heterocycles. The van der Waals surface area contributed by atoms with E-state index in [1.165, 1.54) is 9.80 Å². The fraction of sp³-hybridized carbons (Fsp3) is 0.321. The number of carbonyl (C=O) groups excluding carboxylic acids is 3. The van der Waals surface area contributed by atoms with Gasteiger partial charge in [-0.1, -0.05) is 36.4 Å². The molecular formula is C28H33N5O3S. The molecule has 0 spiro atoms. The van der Waals surface area contributed by atoms with Crippen molar-refractivity contribution in [3.05, 3.63) is 71.2 Å². The molecule has 37 heavy (non-hydrogen) atoms. The van der Waals surface area contributed by atoms with E-state index < -0.39 is 17.7 Å². The number of carbonyl (C=O) groups is 3. The van der Waals surface area contributed by atoms with Gasteiger partial charge < -0.3 is 25.8 Å². The van der Waals surface area contributed by atoms with Gasteiger partial charge in [-0.05, 0) is 47.9 Å². The van der Waals surface area contributed by atoms with Gasteiger partial charge in [0.15, 0.2) is 0 Å². The number of rotatable bonds is 10. The molecule has 0 saturated heterocycles. The number of nitrogens with zero attached hydrogens (tertiary/aromatic N) is 2. The number of hydrogen-bond donors (Lipinski definition) is 3. The van der Waals surface area contributed by atoms with Crippen molar-refractivity contribution in [2.24, 2.45) is 5.73 Å². The maximum atomic E-state index is 14.0. The summed E-state index contributed by atoms with van der Waals surface area (Å²) < 4.78 is 1.12. The lowest BCUT2D eigenvalue weighted by Crippen LogP contribution is -2.59. The van der Waals surface area contributed by atoms with Gasteiger partial charge in [-0.3, -0.25) is 14.4 Å². The number of nitrogens with one attached hydrogen (secondary N) is 2. The Bertz CT molecular complexity index is 1420. The van der Waals surface area contributed by atoms with Crippen LogP contribution >= 0.6 is 11.3 Å². The maximum absolute atomic E-state index is 14.0. The summed E-state index contributed by atoms with van der Waals surface area (Å²) >= 11 is 1.60. The van der Waals surface area contributed by atoms with Crippen molar-refractivity contribution in [2.75, 3.05) is 14.1 Å². The van der Waals surface area contributed by atoms with Crippen LogP contribution in [0.5, 0.6) is 0 Å². The number of nitrogens with two attached hydrogens (primary N) is 1. The minimum Gasteiger partial charge on any atom is -0.361 e. The normalized spacial score (nSPS) is 13.3. The summed E-state index contributed by atoms with van der Waals surface area (Å²) in [6.07, 6.45) is 2.61. The predicted molar refractivity (Wildman–Crippen MR) is 148 cm³/mol. The van der Waals surface area contributed by atoms with Crippen molar-refractivity contribution >= 4 is 50.6 Å². The molecule has 0 unspecified atom stereocenters. The van der Waals surface area contributed by atoms with Crippen LogP contribution in [0.15, 0.2) is 60.1 Å². The van der Waals surface area contributed by atoms with Gasteiger partial charge in [0.25, 0.3) is 0 Å². The highest BCUT2D eigenvalue weighted by atomic mass is 32.1. The number of para-hydroxylation sites is 1. The number of H-pyrrole nitrogens is 1. The fourth-order valence-electron chi connectivity index (χ4n) is 4.67. The van der Waals surface area contributed by atoms with Gasteiger partial charge in [-0.2, -0.15) is 0 Å². The molecule has 8 nitrogen and oxygen atoms in total. The molecule has 0 fully saturated rings. The monoisotopic (exact) mass is 519 g/mol. The topological polar surface area (TPSA) is 112 Å². The molecule has 0 radical (unpaired) electrons. The van der Waals surface area contributed by atoms with E-state index in [9.17, 15) is 14.4 Å². The summed E-state index contributed by atoms with van der Waals surface area (Å²) in [6, 6.07) is 15.1. The molecular weight excluding hydrogens is 486 g/mol. The minimum absolute atomic E-state index is 0.283. The van der Waals surface area contributed by atoms with Crippen LogP contribution in [0.3, 0.4) is 0 Å². The predicted octanol–water partition coefficient (Wildman–Crippen LogP) is 3.26. The van der Waals surface area contributed by atoms with E-state index in [0.717, 1.165) is 32.1 Å². The summed E-state index contributed by atoms with van der Waals surface area (Å²) in [5, 5.41) is 6.91. The van der Waals surface area contributed by atoms with Crippen molar-refractivity contribution in [3.8, 4) is 0 Å². The lowest BCUT2D eigenvalue weighted by Gasteiger charge is -2.36. The molecule has 194 valence electrons. The maximum Gasteiger partial charge on any atom is 0.247 e. The number of benzene rings is 2. The number of amides is 3. The Kier molecular flexibility index (Phi) is 7.65. The fourth-order valence-corrected chi connectivity index (χ4v) is 5.64. The van der Waals surface area contributed by atoms with Gasteiger partial charge in [0, 0.05) is 48.7 Å². The summed E-state index contributed by atoms with van der Waals surface area (Å²) in [5.41, 5.74) is 7.93. The Morgan fingerprint density at radius 2 is 1.70 bits per heavy atom. The Balaban J connectivity index is 1.66. The second-order valence-electron chi connectivity index (χ2n) is 9.93. The molecule has 0 bridgehead atoms.